The Morgan fingerprint density at radius 2 is 2.40 bits per heavy atom. The van der Waals surface area contributed by atoms with Crippen LogP contribution in [0.15, 0.2) is 0 Å². The summed E-state index contributed by atoms with van der Waals surface area (Å²) in [7, 11) is 2.09. The van der Waals surface area contributed by atoms with Gasteiger partial charge in [0, 0.05) is 25.2 Å². The molecule has 60 valence electrons. The second-order valence-corrected chi connectivity index (χ2v) is 3.08. The second-order valence-electron chi connectivity index (χ2n) is 3.08. The average Bonchev–Trinajstić information content (AvgIpc) is 1.95. The molecule has 0 aliphatic carbocycles. The molecule has 1 fully saturated rings. The van der Waals surface area contributed by atoms with Crippen LogP contribution in [0.2, 0.25) is 0 Å². The van der Waals surface area contributed by atoms with Gasteiger partial charge in [0.25, 0.3) is 0 Å². The molecule has 2 N–H and O–H groups in total. The molecular formula is C7H16N2O. The van der Waals surface area contributed by atoms with Gasteiger partial charge in [-0.05, 0) is 14.0 Å². The summed E-state index contributed by atoms with van der Waals surface area (Å²) in [6, 6.07) is 0.879. The van der Waals surface area contributed by atoms with Crippen molar-refractivity contribution in [3.8, 4) is 0 Å². The van der Waals surface area contributed by atoms with Crippen molar-refractivity contribution in [2.75, 3.05) is 26.7 Å². The molecule has 0 bridgehead atoms. The van der Waals surface area contributed by atoms with Crippen LogP contribution in [0.4, 0.5) is 0 Å². The van der Waals surface area contributed by atoms with E-state index in [1.54, 1.807) is 0 Å². The van der Waals surface area contributed by atoms with Crippen molar-refractivity contribution in [2.45, 2.75) is 19.0 Å². The number of hydrogen-bond donors (Lipinski definition) is 2. The van der Waals surface area contributed by atoms with Crippen LogP contribution in [0, 0.1) is 0 Å². The van der Waals surface area contributed by atoms with Gasteiger partial charge in [-0.25, -0.2) is 0 Å². The molecule has 0 unspecified atom stereocenters. The summed E-state index contributed by atoms with van der Waals surface area (Å²) in [5.74, 6) is 0. The third-order valence-corrected chi connectivity index (χ3v) is 2.18. The molecule has 1 heterocycles. The van der Waals surface area contributed by atoms with Gasteiger partial charge >= 0.3 is 0 Å². The number of aliphatic hydroxyl groups is 1. The molecule has 0 saturated carbocycles. The van der Waals surface area contributed by atoms with E-state index in [2.05, 4.69) is 24.2 Å². The maximum atomic E-state index is 8.81. The normalized spacial score (nSPS) is 36.3. The third-order valence-electron chi connectivity index (χ3n) is 2.18. The van der Waals surface area contributed by atoms with E-state index in [1.807, 2.05) is 0 Å². The molecule has 3 nitrogen and oxygen atoms in total. The van der Waals surface area contributed by atoms with Gasteiger partial charge in [-0.15, -0.1) is 0 Å². The minimum atomic E-state index is 0.247. The van der Waals surface area contributed by atoms with Crippen LogP contribution >= 0.6 is 0 Å². The van der Waals surface area contributed by atoms with Crippen LogP contribution in [-0.2, 0) is 0 Å². The first-order valence-electron chi connectivity index (χ1n) is 3.78. The van der Waals surface area contributed by atoms with E-state index in [-0.39, 0.29) is 12.6 Å². The lowest BCUT2D eigenvalue weighted by atomic mass is 10.1. The molecule has 0 amide bonds. The van der Waals surface area contributed by atoms with Crippen LogP contribution in [0.1, 0.15) is 6.92 Å². The smallest absolute Gasteiger partial charge is 0.0597 e. The molecule has 0 aromatic heterocycles. The number of aliphatic hydroxyl groups excluding tert-OH is 1. The summed E-state index contributed by atoms with van der Waals surface area (Å²) in [6.45, 7) is 4.37. The van der Waals surface area contributed by atoms with Crippen LogP contribution in [0.3, 0.4) is 0 Å². The topological polar surface area (TPSA) is 35.5 Å². The molecule has 3 heteroatoms. The number of piperazine rings is 1. The van der Waals surface area contributed by atoms with Gasteiger partial charge < -0.3 is 15.3 Å². The molecule has 10 heavy (non-hydrogen) atoms. The van der Waals surface area contributed by atoms with Crippen molar-refractivity contribution in [1.82, 2.24) is 10.2 Å². The van der Waals surface area contributed by atoms with E-state index in [1.165, 1.54) is 0 Å². The highest BCUT2D eigenvalue weighted by atomic mass is 16.3. The molecule has 1 aliphatic rings. The van der Waals surface area contributed by atoms with E-state index in [0.29, 0.717) is 6.04 Å². The molecule has 0 radical (unpaired) electrons. The van der Waals surface area contributed by atoms with Crippen LogP contribution in [0.5, 0.6) is 0 Å². The van der Waals surface area contributed by atoms with Gasteiger partial charge in [0.1, 0.15) is 0 Å². The monoisotopic (exact) mass is 144 g/mol. The maximum Gasteiger partial charge on any atom is 0.0597 e. The first-order valence-corrected chi connectivity index (χ1v) is 3.78. The molecule has 0 aromatic rings. The van der Waals surface area contributed by atoms with Crippen molar-refractivity contribution >= 4 is 0 Å². The summed E-state index contributed by atoms with van der Waals surface area (Å²) in [5.41, 5.74) is 0. The van der Waals surface area contributed by atoms with Crippen molar-refractivity contribution in [3.63, 3.8) is 0 Å². The largest absolute Gasteiger partial charge is 0.395 e. The summed E-state index contributed by atoms with van der Waals surface area (Å²) < 4.78 is 0. The molecule has 1 rings (SSSR count). The molecular weight excluding hydrogens is 128 g/mol. The summed E-state index contributed by atoms with van der Waals surface area (Å²) >= 11 is 0. The SMILES string of the molecule is C[C@@H]1CN[C@@H](CO)CN1C. The van der Waals surface area contributed by atoms with Gasteiger partial charge in [-0.3, -0.25) is 0 Å². The molecule has 0 spiro atoms. The Balaban J connectivity index is 2.33. The highest BCUT2D eigenvalue weighted by molar-refractivity contribution is 4.80. The van der Waals surface area contributed by atoms with Gasteiger partial charge in [0.15, 0.2) is 0 Å². The lowest BCUT2D eigenvalue weighted by molar-refractivity contribution is 0.132. The van der Waals surface area contributed by atoms with E-state index < -0.39 is 0 Å². The van der Waals surface area contributed by atoms with Gasteiger partial charge in [-0.1, -0.05) is 0 Å². The Morgan fingerprint density at radius 3 is 2.90 bits per heavy atom. The maximum absolute atomic E-state index is 8.81. The highest BCUT2D eigenvalue weighted by Crippen LogP contribution is 2.01. The Kier molecular flexibility index (Phi) is 2.65. The Bertz CT molecular complexity index is 108. The van der Waals surface area contributed by atoms with E-state index in [0.717, 1.165) is 13.1 Å². The van der Waals surface area contributed by atoms with Crippen LogP contribution < -0.4 is 5.32 Å². The minimum absolute atomic E-state index is 0.247. The van der Waals surface area contributed by atoms with Crippen LogP contribution in [0.25, 0.3) is 0 Å². The van der Waals surface area contributed by atoms with E-state index in [4.69, 9.17) is 5.11 Å². The number of hydrogen-bond acceptors (Lipinski definition) is 3. The molecule has 2 atom stereocenters. The fraction of sp³-hybridized carbons (Fsp3) is 1.00. The molecule has 0 aromatic carbocycles. The van der Waals surface area contributed by atoms with Crippen molar-refractivity contribution in [3.05, 3.63) is 0 Å². The number of likely N-dealkylation sites (N-methyl/N-ethyl adjacent to an activating group) is 1. The predicted molar refractivity (Wildman–Crippen MR) is 41.0 cm³/mol. The fourth-order valence-corrected chi connectivity index (χ4v) is 1.21. The Hall–Kier alpha value is -0.120. The standard InChI is InChI=1S/C7H16N2O/c1-6-3-8-7(5-10)4-9(6)2/h6-8,10H,3-5H2,1-2H3/t6-,7-/m1/s1. The number of nitrogens with one attached hydrogen (secondary N) is 1. The fourth-order valence-electron chi connectivity index (χ4n) is 1.21. The zero-order chi connectivity index (χ0) is 7.56. The first-order chi connectivity index (χ1) is 4.74. The highest BCUT2D eigenvalue weighted by Gasteiger charge is 2.20. The van der Waals surface area contributed by atoms with Gasteiger partial charge in [0.2, 0.25) is 0 Å². The second kappa shape index (κ2) is 3.32. The summed E-state index contributed by atoms with van der Waals surface area (Å²) in [4.78, 5) is 2.26. The predicted octanol–water partition coefficient (Wildman–Crippen LogP) is -0.729. The van der Waals surface area contributed by atoms with Crippen molar-refractivity contribution < 1.29 is 5.11 Å². The van der Waals surface area contributed by atoms with Gasteiger partial charge in [0.05, 0.1) is 6.61 Å². The third kappa shape index (κ3) is 1.68. The Labute approximate surface area is 62.0 Å². The summed E-state index contributed by atoms with van der Waals surface area (Å²) in [6.07, 6.45) is 0. The first kappa shape index (κ1) is 7.98. The quantitative estimate of drug-likeness (QED) is 0.509. The van der Waals surface area contributed by atoms with Crippen LogP contribution in [-0.4, -0.2) is 48.8 Å². The average molecular weight is 144 g/mol. The molecule has 1 aliphatic heterocycles. The lowest BCUT2D eigenvalue weighted by Gasteiger charge is -2.35. The minimum Gasteiger partial charge on any atom is -0.395 e. The zero-order valence-electron chi connectivity index (χ0n) is 6.67. The van der Waals surface area contributed by atoms with E-state index in [9.17, 15) is 0 Å². The summed E-state index contributed by atoms with van der Waals surface area (Å²) in [5, 5.41) is 12.1. The number of rotatable bonds is 1. The van der Waals surface area contributed by atoms with E-state index >= 15 is 0 Å². The van der Waals surface area contributed by atoms with Crippen molar-refractivity contribution in [1.29, 1.82) is 0 Å². The van der Waals surface area contributed by atoms with Crippen molar-refractivity contribution in [2.24, 2.45) is 0 Å². The lowest BCUT2D eigenvalue weighted by Crippen LogP contribution is -2.55. The number of nitrogens with zero attached hydrogens (tertiary/aromatic N) is 1. The molecule has 1 saturated heterocycles. The Morgan fingerprint density at radius 1 is 1.70 bits per heavy atom. The zero-order valence-corrected chi connectivity index (χ0v) is 6.67. The van der Waals surface area contributed by atoms with Gasteiger partial charge in [-0.2, -0.15) is 0 Å².